The fraction of sp³-hybridized carbons (Fsp3) is 0.600. The SMILES string of the molecule is CCN(CC)CCOCCNC(=O)CCCC(=O)c1ccc(OC)cc1. The molecule has 1 aromatic carbocycles. The molecule has 6 nitrogen and oxygen atoms in total. The highest BCUT2D eigenvalue weighted by Crippen LogP contribution is 2.13. The van der Waals surface area contributed by atoms with Gasteiger partial charge in [0.2, 0.25) is 5.91 Å². The number of Topliss-reactive ketones (excluding diaryl/α,β-unsaturated/α-hetero) is 1. The number of amides is 1. The predicted molar refractivity (Wildman–Crippen MR) is 103 cm³/mol. The zero-order valence-electron chi connectivity index (χ0n) is 16.3. The van der Waals surface area contributed by atoms with Crippen molar-refractivity contribution >= 4 is 11.7 Å². The van der Waals surface area contributed by atoms with E-state index in [9.17, 15) is 9.59 Å². The van der Waals surface area contributed by atoms with Gasteiger partial charge in [-0.25, -0.2) is 0 Å². The quantitative estimate of drug-likeness (QED) is 0.406. The smallest absolute Gasteiger partial charge is 0.220 e. The van der Waals surface area contributed by atoms with E-state index in [1.165, 1.54) is 0 Å². The highest BCUT2D eigenvalue weighted by Gasteiger charge is 2.08. The zero-order valence-corrected chi connectivity index (χ0v) is 16.3. The van der Waals surface area contributed by atoms with Gasteiger partial charge in [-0.05, 0) is 43.8 Å². The molecular weight excluding hydrogens is 332 g/mol. The Balaban J connectivity index is 2.08. The molecule has 26 heavy (non-hydrogen) atoms. The van der Waals surface area contributed by atoms with Gasteiger partial charge >= 0.3 is 0 Å². The van der Waals surface area contributed by atoms with Gasteiger partial charge in [0.15, 0.2) is 5.78 Å². The second-order valence-corrected chi connectivity index (χ2v) is 5.99. The van der Waals surface area contributed by atoms with Crippen LogP contribution in [-0.2, 0) is 9.53 Å². The normalized spacial score (nSPS) is 10.8. The second-order valence-electron chi connectivity index (χ2n) is 5.99. The summed E-state index contributed by atoms with van der Waals surface area (Å²) in [6.07, 6.45) is 1.25. The van der Waals surface area contributed by atoms with E-state index in [0.29, 0.717) is 44.6 Å². The van der Waals surface area contributed by atoms with E-state index >= 15 is 0 Å². The third kappa shape index (κ3) is 8.97. The van der Waals surface area contributed by atoms with Gasteiger partial charge in [-0.15, -0.1) is 0 Å². The van der Waals surface area contributed by atoms with Gasteiger partial charge in [-0.1, -0.05) is 13.8 Å². The molecule has 1 aromatic rings. The average molecular weight is 364 g/mol. The molecular formula is C20H32N2O4. The first-order chi connectivity index (χ1) is 12.6. The Morgan fingerprint density at radius 2 is 1.73 bits per heavy atom. The third-order valence-corrected chi connectivity index (χ3v) is 4.23. The average Bonchev–Trinajstić information content (AvgIpc) is 2.67. The van der Waals surface area contributed by atoms with Crippen molar-refractivity contribution in [1.29, 1.82) is 0 Å². The monoisotopic (exact) mass is 364 g/mol. The molecule has 0 aliphatic carbocycles. The van der Waals surface area contributed by atoms with Gasteiger partial charge in [-0.2, -0.15) is 0 Å². The van der Waals surface area contributed by atoms with Crippen molar-refractivity contribution in [2.24, 2.45) is 0 Å². The molecule has 0 saturated carbocycles. The minimum Gasteiger partial charge on any atom is -0.497 e. The highest BCUT2D eigenvalue weighted by molar-refractivity contribution is 5.96. The van der Waals surface area contributed by atoms with E-state index in [2.05, 4.69) is 24.1 Å². The molecule has 0 aliphatic rings. The van der Waals surface area contributed by atoms with Crippen LogP contribution in [0.25, 0.3) is 0 Å². The van der Waals surface area contributed by atoms with Crippen molar-refractivity contribution in [2.45, 2.75) is 33.1 Å². The Labute approximate surface area is 156 Å². The van der Waals surface area contributed by atoms with Crippen LogP contribution in [0.5, 0.6) is 5.75 Å². The lowest BCUT2D eigenvalue weighted by atomic mass is 10.1. The molecule has 0 atom stereocenters. The summed E-state index contributed by atoms with van der Waals surface area (Å²) >= 11 is 0. The van der Waals surface area contributed by atoms with Crippen LogP contribution < -0.4 is 10.1 Å². The number of carbonyl (C=O) groups excluding carboxylic acids is 2. The summed E-state index contributed by atoms with van der Waals surface area (Å²) in [5.41, 5.74) is 0.646. The number of carbonyl (C=O) groups is 2. The van der Waals surface area contributed by atoms with Gasteiger partial charge in [0.25, 0.3) is 0 Å². The van der Waals surface area contributed by atoms with Crippen LogP contribution in [0.3, 0.4) is 0 Å². The van der Waals surface area contributed by atoms with Crippen molar-refractivity contribution in [3.63, 3.8) is 0 Å². The number of ketones is 1. The summed E-state index contributed by atoms with van der Waals surface area (Å²) in [6, 6.07) is 7.02. The van der Waals surface area contributed by atoms with E-state index in [4.69, 9.17) is 9.47 Å². The van der Waals surface area contributed by atoms with E-state index in [1.54, 1.807) is 31.4 Å². The number of likely N-dealkylation sites (N-methyl/N-ethyl adjacent to an activating group) is 1. The number of hydrogen-bond acceptors (Lipinski definition) is 5. The zero-order chi connectivity index (χ0) is 19.2. The lowest BCUT2D eigenvalue weighted by Gasteiger charge is -2.17. The molecule has 1 amide bonds. The number of nitrogens with one attached hydrogen (secondary N) is 1. The van der Waals surface area contributed by atoms with Crippen molar-refractivity contribution < 1.29 is 19.1 Å². The lowest BCUT2D eigenvalue weighted by molar-refractivity contribution is -0.121. The molecule has 0 radical (unpaired) electrons. The number of methoxy groups -OCH3 is 1. The van der Waals surface area contributed by atoms with Crippen LogP contribution in [0, 0.1) is 0 Å². The first kappa shape index (κ1) is 22.1. The van der Waals surface area contributed by atoms with Crippen LogP contribution in [-0.4, -0.2) is 63.1 Å². The predicted octanol–water partition coefficient (Wildman–Crippen LogP) is 2.52. The Hall–Kier alpha value is -1.92. The maximum atomic E-state index is 12.1. The Kier molecular flexibility index (Phi) is 11.3. The van der Waals surface area contributed by atoms with Gasteiger partial charge in [0.1, 0.15) is 5.75 Å². The van der Waals surface area contributed by atoms with Crippen LogP contribution in [0.1, 0.15) is 43.5 Å². The summed E-state index contributed by atoms with van der Waals surface area (Å²) in [4.78, 5) is 26.1. The minimum absolute atomic E-state index is 0.0418. The Bertz CT molecular complexity index is 527. The Morgan fingerprint density at radius 3 is 2.35 bits per heavy atom. The third-order valence-electron chi connectivity index (χ3n) is 4.23. The molecule has 0 spiro atoms. The van der Waals surface area contributed by atoms with Gasteiger partial charge in [-0.3, -0.25) is 9.59 Å². The topological polar surface area (TPSA) is 67.9 Å². The van der Waals surface area contributed by atoms with Crippen LogP contribution in [0.15, 0.2) is 24.3 Å². The van der Waals surface area contributed by atoms with E-state index in [0.717, 1.165) is 25.4 Å². The molecule has 1 N–H and O–H groups in total. The van der Waals surface area contributed by atoms with Gasteiger partial charge in [0, 0.05) is 31.5 Å². The molecule has 0 unspecified atom stereocenters. The van der Waals surface area contributed by atoms with E-state index in [1.807, 2.05) is 0 Å². The summed E-state index contributed by atoms with van der Waals surface area (Å²) < 4.78 is 10.6. The van der Waals surface area contributed by atoms with Crippen molar-refractivity contribution in [3.8, 4) is 5.75 Å². The summed E-state index contributed by atoms with van der Waals surface area (Å²) in [5, 5.41) is 2.82. The minimum atomic E-state index is -0.0418. The Morgan fingerprint density at radius 1 is 1.04 bits per heavy atom. The number of ether oxygens (including phenoxy) is 2. The number of nitrogens with zero attached hydrogens (tertiary/aromatic N) is 1. The van der Waals surface area contributed by atoms with E-state index < -0.39 is 0 Å². The second kappa shape index (κ2) is 13.3. The molecule has 1 rings (SSSR count). The maximum absolute atomic E-state index is 12.1. The molecule has 6 heteroatoms. The summed E-state index contributed by atoms with van der Waals surface area (Å²) in [6.45, 7) is 8.90. The fourth-order valence-electron chi connectivity index (χ4n) is 2.52. The number of hydrogen-bond donors (Lipinski definition) is 1. The van der Waals surface area contributed by atoms with Gasteiger partial charge in [0.05, 0.1) is 20.3 Å². The van der Waals surface area contributed by atoms with Gasteiger partial charge < -0.3 is 19.7 Å². The standard InChI is InChI=1S/C20H32N2O4/c1-4-22(5-2)14-16-26-15-13-21-20(24)8-6-7-19(23)17-9-11-18(25-3)12-10-17/h9-12H,4-8,13-16H2,1-3H3,(H,21,24). The van der Waals surface area contributed by atoms with Crippen molar-refractivity contribution in [3.05, 3.63) is 29.8 Å². The largest absolute Gasteiger partial charge is 0.497 e. The van der Waals surface area contributed by atoms with Crippen LogP contribution in [0.4, 0.5) is 0 Å². The van der Waals surface area contributed by atoms with Crippen molar-refractivity contribution in [1.82, 2.24) is 10.2 Å². The molecule has 146 valence electrons. The number of benzene rings is 1. The fourth-order valence-corrected chi connectivity index (χ4v) is 2.52. The highest BCUT2D eigenvalue weighted by atomic mass is 16.5. The van der Waals surface area contributed by atoms with Crippen LogP contribution >= 0.6 is 0 Å². The molecule has 0 saturated heterocycles. The number of rotatable bonds is 14. The molecule has 0 aliphatic heterocycles. The first-order valence-electron chi connectivity index (χ1n) is 9.34. The summed E-state index contributed by atoms with van der Waals surface area (Å²) in [5.74, 6) is 0.723. The molecule has 0 aromatic heterocycles. The summed E-state index contributed by atoms with van der Waals surface area (Å²) in [7, 11) is 1.59. The molecule has 0 bridgehead atoms. The molecule has 0 heterocycles. The lowest BCUT2D eigenvalue weighted by Crippen LogP contribution is -2.30. The van der Waals surface area contributed by atoms with Crippen LogP contribution in [0.2, 0.25) is 0 Å². The van der Waals surface area contributed by atoms with E-state index in [-0.39, 0.29) is 11.7 Å². The first-order valence-corrected chi connectivity index (χ1v) is 9.34. The maximum Gasteiger partial charge on any atom is 0.220 e. The molecule has 0 fully saturated rings. The van der Waals surface area contributed by atoms with Crippen molar-refractivity contribution in [2.75, 3.05) is 46.5 Å².